The molecular weight excluding hydrogens is 208 g/mol. The Morgan fingerprint density at radius 1 is 1.12 bits per heavy atom. The number of nitrogen functional groups attached to an aromatic ring is 1. The lowest BCUT2D eigenvalue weighted by atomic mass is 10.3. The summed E-state index contributed by atoms with van der Waals surface area (Å²) in [6.45, 7) is 0.875. The van der Waals surface area contributed by atoms with E-state index in [1.54, 1.807) is 17.3 Å². The maximum atomic E-state index is 8.75. The molecule has 6 heteroatoms. The molecule has 0 aliphatic heterocycles. The molecule has 6 N–H and O–H groups in total. The molecule has 0 saturated carbocycles. The molecule has 0 fully saturated rings. The molecule has 0 amide bonds. The topological polar surface area (TPSA) is 93.8 Å². The van der Waals surface area contributed by atoms with Gasteiger partial charge in [0, 0.05) is 18.8 Å². The van der Waals surface area contributed by atoms with Crippen molar-refractivity contribution in [3.63, 3.8) is 0 Å². The van der Waals surface area contributed by atoms with Crippen LogP contribution in [0.25, 0.3) is 0 Å². The molecule has 0 spiro atoms. The number of hydrogen-bond donors (Lipinski definition) is 5. The molecular formula is C10H18N4O2. The van der Waals surface area contributed by atoms with Gasteiger partial charge >= 0.3 is 0 Å². The standard InChI is InChI=1S/C10H18N4O2/c11-9-2-1-3-10(8-9)14(12-4-6-15)13-5-7-16/h1-3,8,12-13,15-16H,4-7,11H2. The number of aliphatic hydroxyl groups is 2. The van der Waals surface area contributed by atoms with Crippen LogP contribution in [0.4, 0.5) is 11.4 Å². The highest BCUT2D eigenvalue weighted by atomic mass is 16.3. The van der Waals surface area contributed by atoms with E-state index in [1.165, 1.54) is 0 Å². The number of aliphatic hydroxyl groups excluding tert-OH is 2. The molecule has 0 bridgehead atoms. The molecule has 0 atom stereocenters. The van der Waals surface area contributed by atoms with E-state index in [9.17, 15) is 0 Å². The molecule has 0 aliphatic rings. The second kappa shape index (κ2) is 7.02. The van der Waals surface area contributed by atoms with Crippen molar-refractivity contribution in [2.24, 2.45) is 0 Å². The van der Waals surface area contributed by atoms with E-state index < -0.39 is 0 Å². The SMILES string of the molecule is Nc1cccc(N(NCCO)NCCO)c1. The number of benzene rings is 1. The number of hydrazine groups is 2. The Bertz CT molecular complexity index is 301. The molecule has 1 aromatic carbocycles. The first-order chi connectivity index (χ1) is 7.77. The second-order valence-electron chi connectivity index (χ2n) is 3.19. The lowest BCUT2D eigenvalue weighted by Gasteiger charge is -2.25. The first-order valence-corrected chi connectivity index (χ1v) is 5.12. The number of anilines is 2. The monoisotopic (exact) mass is 226 g/mol. The Morgan fingerprint density at radius 2 is 1.75 bits per heavy atom. The van der Waals surface area contributed by atoms with Gasteiger partial charge in [0.2, 0.25) is 0 Å². The minimum atomic E-state index is 0.0274. The Labute approximate surface area is 94.6 Å². The second-order valence-corrected chi connectivity index (χ2v) is 3.19. The third-order valence-corrected chi connectivity index (χ3v) is 1.89. The number of nitrogens with one attached hydrogen (secondary N) is 2. The highest BCUT2D eigenvalue weighted by molar-refractivity contribution is 5.54. The largest absolute Gasteiger partial charge is 0.399 e. The molecule has 1 aromatic rings. The number of nitrogens with zero attached hydrogens (tertiary/aromatic N) is 1. The summed E-state index contributed by atoms with van der Waals surface area (Å²) < 4.78 is 0. The average Bonchev–Trinajstić information content (AvgIpc) is 2.29. The van der Waals surface area contributed by atoms with Crippen LogP contribution in [0.15, 0.2) is 24.3 Å². The summed E-state index contributed by atoms with van der Waals surface area (Å²) in [6, 6.07) is 7.28. The third kappa shape index (κ3) is 4.03. The van der Waals surface area contributed by atoms with Crippen LogP contribution in [0.3, 0.4) is 0 Å². The Hall–Kier alpha value is -1.34. The van der Waals surface area contributed by atoms with E-state index >= 15 is 0 Å². The summed E-state index contributed by atoms with van der Waals surface area (Å²) in [7, 11) is 0. The normalized spacial score (nSPS) is 10.4. The minimum Gasteiger partial charge on any atom is -0.399 e. The molecule has 0 aliphatic carbocycles. The van der Waals surface area contributed by atoms with Gasteiger partial charge in [-0.3, -0.25) is 0 Å². The molecule has 0 aromatic heterocycles. The zero-order valence-electron chi connectivity index (χ0n) is 9.06. The first-order valence-electron chi connectivity index (χ1n) is 5.12. The first kappa shape index (κ1) is 12.7. The van der Waals surface area contributed by atoms with E-state index in [1.807, 2.05) is 12.1 Å². The van der Waals surface area contributed by atoms with Crippen molar-refractivity contribution in [3.05, 3.63) is 24.3 Å². The van der Waals surface area contributed by atoms with Gasteiger partial charge in [-0.2, -0.15) is 0 Å². The van der Waals surface area contributed by atoms with Crippen molar-refractivity contribution in [1.82, 2.24) is 10.9 Å². The van der Waals surface area contributed by atoms with Gasteiger partial charge in [0.05, 0.1) is 18.9 Å². The van der Waals surface area contributed by atoms with Gasteiger partial charge in [0.15, 0.2) is 0 Å². The van der Waals surface area contributed by atoms with Crippen LogP contribution >= 0.6 is 0 Å². The summed E-state index contributed by atoms with van der Waals surface area (Å²) in [6.07, 6.45) is 0. The smallest absolute Gasteiger partial charge is 0.0722 e. The van der Waals surface area contributed by atoms with Crippen molar-refractivity contribution in [2.75, 3.05) is 37.2 Å². The van der Waals surface area contributed by atoms with E-state index in [-0.39, 0.29) is 13.2 Å². The number of rotatable bonds is 7. The third-order valence-electron chi connectivity index (χ3n) is 1.89. The van der Waals surface area contributed by atoms with Gasteiger partial charge in [0.1, 0.15) is 0 Å². The van der Waals surface area contributed by atoms with E-state index in [0.29, 0.717) is 18.8 Å². The molecule has 0 radical (unpaired) electrons. The van der Waals surface area contributed by atoms with Gasteiger partial charge in [-0.1, -0.05) is 6.07 Å². The Kier molecular flexibility index (Phi) is 5.58. The summed E-state index contributed by atoms with van der Waals surface area (Å²) in [5.41, 5.74) is 13.1. The van der Waals surface area contributed by atoms with Gasteiger partial charge in [-0.25, -0.2) is 16.0 Å². The van der Waals surface area contributed by atoms with E-state index in [0.717, 1.165) is 5.69 Å². The molecule has 1 rings (SSSR count). The lowest BCUT2D eigenvalue weighted by Crippen LogP contribution is -2.50. The van der Waals surface area contributed by atoms with Crippen LogP contribution in [0, 0.1) is 0 Å². The number of nitrogens with two attached hydrogens (primary N) is 1. The fourth-order valence-electron chi connectivity index (χ4n) is 1.23. The van der Waals surface area contributed by atoms with Crippen LogP contribution in [0.1, 0.15) is 0 Å². The molecule has 0 heterocycles. The van der Waals surface area contributed by atoms with E-state index in [2.05, 4.69) is 10.9 Å². The van der Waals surface area contributed by atoms with Crippen LogP contribution in [-0.2, 0) is 0 Å². The molecule has 90 valence electrons. The van der Waals surface area contributed by atoms with Crippen molar-refractivity contribution in [1.29, 1.82) is 0 Å². The van der Waals surface area contributed by atoms with Crippen molar-refractivity contribution < 1.29 is 10.2 Å². The van der Waals surface area contributed by atoms with Crippen LogP contribution < -0.4 is 21.7 Å². The van der Waals surface area contributed by atoms with Gasteiger partial charge in [-0.05, 0) is 18.2 Å². The highest BCUT2D eigenvalue weighted by Gasteiger charge is 2.04. The minimum absolute atomic E-state index is 0.0274. The number of hydrogen-bond acceptors (Lipinski definition) is 6. The summed E-state index contributed by atoms with van der Waals surface area (Å²) in [4.78, 5) is 0. The zero-order valence-corrected chi connectivity index (χ0v) is 9.06. The average molecular weight is 226 g/mol. The predicted molar refractivity (Wildman–Crippen MR) is 63.5 cm³/mol. The van der Waals surface area contributed by atoms with Crippen LogP contribution in [0.5, 0.6) is 0 Å². The summed E-state index contributed by atoms with van der Waals surface area (Å²) >= 11 is 0. The molecule has 6 nitrogen and oxygen atoms in total. The summed E-state index contributed by atoms with van der Waals surface area (Å²) in [5, 5.41) is 19.1. The van der Waals surface area contributed by atoms with Crippen molar-refractivity contribution in [3.8, 4) is 0 Å². The van der Waals surface area contributed by atoms with Gasteiger partial charge in [0.25, 0.3) is 0 Å². The molecule has 0 unspecified atom stereocenters. The molecule has 0 saturated heterocycles. The van der Waals surface area contributed by atoms with Crippen LogP contribution in [-0.4, -0.2) is 36.5 Å². The quantitative estimate of drug-likeness (QED) is 0.305. The van der Waals surface area contributed by atoms with Gasteiger partial charge < -0.3 is 15.9 Å². The lowest BCUT2D eigenvalue weighted by molar-refractivity contribution is 0.272. The zero-order chi connectivity index (χ0) is 11.8. The van der Waals surface area contributed by atoms with Gasteiger partial charge in [-0.15, -0.1) is 0 Å². The Morgan fingerprint density at radius 3 is 2.25 bits per heavy atom. The fraction of sp³-hybridized carbons (Fsp3) is 0.400. The van der Waals surface area contributed by atoms with Crippen molar-refractivity contribution >= 4 is 11.4 Å². The fourth-order valence-corrected chi connectivity index (χ4v) is 1.23. The van der Waals surface area contributed by atoms with Crippen molar-refractivity contribution in [2.45, 2.75) is 0 Å². The van der Waals surface area contributed by atoms with Crippen LogP contribution in [0.2, 0.25) is 0 Å². The maximum absolute atomic E-state index is 8.75. The molecule has 16 heavy (non-hydrogen) atoms. The Balaban J connectivity index is 2.66. The summed E-state index contributed by atoms with van der Waals surface area (Å²) in [5.74, 6) is 0. The predicted octanol–water partition coefficient (Wildman–Crippen LogP) is -0.931. The maximum Gasteiger partial charge on any atom is 0.0722 e. The van der Waals surface area contributed by atoms with E-state index in [4.69, 9.17) is 15.9 Å². The highest BCUT2D eigenvalue weighted by Crippen LogP contribution is 2.13.